The van der Waals surface area contributed by atoms with Crippen LogP contribution in [-0.4, -0.2) is 43.4 Å². The minimum Gasteiger partial charge on any atom is -0.481 e. The molecule has 23 heavy (non-hydrogen) atoms. The predicted molar refractivity (Wildman–Crippen MR) is 86.7 cm³/mol. The number of hydrogen-bond donors (Lipinski definition) is 2. The number of carboxylic acid groups (broad SMARTS) is 1. The van der Waals surface area contributed by atoms with E-state index >= 15 is 0 Å². The zero-order valence-electron chi connectivity index (χ0n) is 14.1. The number of aliphatic carboxylic acids is 1. The van der Waals surface area contributed by atoms with Gasteiger partial charge >= 0.3 is 16.4 Å². The van der Waals surface area contributed by atoms with Crippen molar-refractivity contribution < 1.29 is 31.8 Å². The molecule has 0 aliphatic heterocycles. The lowest BCUT2D eigenvalue weighted by Crippen LogP contribution is -2.27. The third kappa shape index (κ3) is 14.6. The summed E-state index contributed by atoms with van der Waals surface area (Å²) in [6, 6.07) is 0. The van der Waals surface area contributed by atoms with Crippen LogP contribution in [0.1, 0.15) is 71.1 Å². The number of rotatable bonds is 15. The summed E-state index contributed by atoms with van der Waals surface area (Å²) >= 11 is 0. The van der Waals surface area contributed by atoms with Gasteiger partial charge in [-0.15, -0.1) is 0 Å². The Morgan fingerprint density at radius 1 is 1.04 bits per heavy atom. The largest absolute Gasteiger partial charge is 0.481 e. The van der Waals surface area contributed by atoms with Gasteiger partial charge in [-0.2, -0.15) is 8.42 Å². The van der Waals surface area contributed by atoms with Gasteiger partial charge in [0.05, 0.1) is 18.6 Å². The van der Waals surface area contributed by atoms with E-state index in [2.05, 4.69) is 11.1 Å². The van der Waals surface area contributed by atoms with E-state index in [1.807, 2.05) is 0 Å². The second-order valence-electron chi connectivity index (χ2n) is 5.75. The number of ether oxygens (including phenoxy) is 1. The maximum Gasteiger partial charge on any atom is 0.397 e. The maximum absolute atomic E-state index is 10.8. The van der Waals surface area contributed by atoms with Gasteiger partial charge in [-0.25, -0.2) is 4.18 Å². The summed E-state index contributed by atoms with van der Waals surface area (Å²) in [5.74, 6) is -1.19. The van der Waals surface area contributed by atoms with E-state index in [0.29, 0.717) is 6.42 Å². The van der Waals surface area contributed by atoms with Crippen LogP contribution >= 0.6 is 0 Å². The second-order valence-corrected chi connectivity index (χ2v) is 6.80. The minimum atomic E-state index is -4.68. The first-order chi connectivity index (χ1) is 10.8. The third-order valence-electron chi connectivity index (χ3n) is 3.65. The summed E-state index contributed by atoms with van der Waals surface area (Å²) in [5.41, 5.74) is 0. The lowest BCUT2D eigenvalue weighted by Gasteiger charge is -2.20. The molecule has 2 N–H and O–H groups in total. The van der Waals surface area contributed by atoms with Crippen LogP contribution in [-0.2, 0) is 24.1 Å². The Hall–Kier alpha value is -0.700. The molecule has 0 aromatic rings. The zero-order valence-corrected chi connectivity index (χ0v) is 14.9. The van der Waals surface area contributed by atoms with Crippen LogP contribution in [0.5, 0.6) is 0 Å². The lowest BCUT2D eigenvalue weighted by molar-refractivity contribution is -0.139. The fourth-order valence-corrected chi connectivity index (χ4v) is 2.97. The van der Waals surface area contributed by atoms with Crippen molar-refractivity contribution in [1.29, 1.82) is 0 Å². The van der Waals surface area contributed by atoms with Gasteiger partial charge in [0.15, 0.2) is 0 Å². The van der Waals surface area contributed by atoms with E-state index in [0.717, 1.165) is 19.3 Å². The first-order valence-electron chi connectivity index (χ1n) is 8.18. The summed E-state index contributed by atoms with van der Waals surface area (Å²) in [4.78, 5) is 10.8. The monoisotopic (exact) mass is 354 g/mol. The molecule has 0 aromatic carbocycles. The number of carboxylic acids is 1. The van der Waals surface area contributed by atoms with Crippen LogP contribution in [0, 0.1) is 0 Å². The summed E-state index contributed by atoms with van der Waals surface area (Å²) in [6.45, 7) is 2.17. The normalized spacial score (nSPS) is 14.6. The number of hydrogen-bond acceptors (Lipinski definition) is 5. The van der Waals surface area contributed by atoms with Crippen LogP contribution in [0.25, 0.3) is 0 Å². The van der Waals surface area contributed by atoms with Crippen molar-refractivity contribution in [2.24, 2.45) is 0 Å². The van der Waals surface area contributed by atoms with Gasteiger partial charge in [0, 0.05) is 13.5 Å². The molecule has 0 saturated carbocycles. The molecule has 0 rings (SSSR count). The van der Waals surface area contributed by atoms with E-state index in [9.17, 15) is 13.2 Å². The molecule has 0 heterocycles. The molecule has 0 bridgehead atoms. The van der Waals surface area contributed by atoms with Crippen LogP contribution in [0.4, 0.5) is 0 Å². The SMILES string of the molecule is CCCCCCCCCC(C[C@H](CC(=O)O)OS(=O)(=O)O)OC. The van der Waals surface area contributed by atoms with E-state index < -0.39 is 28.9 Å². The van der Waals surface area contributed by atoms with Crippen molar-refractivity contribution in [3.63, 3.8) is 0 Å². The molecule has 1 unspecified atom stereocenters. The van der Waals surface area contributed by atoms with Gasteiger partial charge in [-0.3, -0.25) is 9.35 Å². The van der Waals surface area contributed by atoms with Crippen molar-refractivity contribution in [3.05, 3.63) is 0 Å². The average molecular weight is 354 g/mol. The highest BCUT2D eigenvalue weighted by atomic mass is 32.3. The molecule has 8 heteroatoms. The van der Waals surface area contributed by atoms with Gasteiger partial charge < -0.3 is 9.84 Å². The van der Waals surface area contributed by atoms with Crippen LogP contribution in [0.15, 0.2) is 0 Å². The molecule has 0 fully saturated rings. The van der Waals surface area contributed by atoms with Crippen molar-refractivity contribution in [1.82, 2.24) is 0 Å². The Bertz CT molecular complexity index is 408. The van der Waals surface area contributed by atoms with Crippen LogP contribution < -0.4 is 0 Å². The molecule has 0 aliphatic rings. The molecule has 2 atom stereocenters. The highest BCUT2D eigenvalue weighted by Gasteiger charge is 2.24. The first kappa shape index (κ1) is 22.3. The van der Waals surface area contributed by atoms with Gasteiger partial charge in [0.1, 0.15) is 0 Å². The van der Waals surface area contributed by atoms with Gasteiger partial charge in [-0.1, -0.05) is 51.9 Å². The molecule has 0 radical (unpaired) electrons. The Labute approximate surface area is 139 Å². The van der Waals surface area contributed by atoms with Crippen LogP contribution in [0.3, 0.4) is 0 Å². The number of methoxy groups -OCH3 is 1. The molecule has 0 saturated heterocycles. The Morgan fingerprint density at radius 3 is 2.09 bits per heavy atom. The first-order valence-corrected chi connectivity index (χ1v) is 9.55. The standard InChI is InChI=1S/C15H30O7S/c1-3-4-5-6-7-8-9-10-13(21-2)11-14(12-15(16)17)22-23(18,19)20/h13-14H,3-12H2,1-2H3,(H,16,17)(H,18,19,20)/t13?,14-/m1/s1. The smallest absolute Gasteiger partial charge is 0.397 e. The summed E-state index contributed by atoms with van der Waals surface area (Å²) in [7, 11) is -3.18. The van der Waals surface area contributed by atoms with E-state index in [-0.39, 0.29) is 12.5 Å². The minimum absolute atomic E-state index is 0.110. The number of unbranched alkanes of at least 4 members (excludes halogenated alkanes) is 6. The van der Waals surface area contributed by atoms with Crippen molar-refractivity contribution in [2.45, 2.75) is 83.3 Å². The summed E-state index contributed by atoms with van der Waals surface area (Å²) in [6.07, 6.45) is 6.94. The maximum atomic E-state index is 10.8. The zero-order chi connectivity index (χ0) is 17.7. The Balaban J connectivity index is 4.16. The quantitative estimate of drug-likeness (QED) is 0.343. The molecular formula is C15H30O7S. The third-order valence-corrected chi connectivity index (χ3v) is 4.16. The summed E-state index contributed by atoms with van der Waals surface area (Å²) < 4.78 is 40.0. The lowest BCUT2D eigenvalue weighted by atomic mass is 10.0. The Morgan fingerprint density at radius 2 is 1.61 bits per heavy atom. The highest BCUT2D eigenvalue weighted by Crippen LogP contribution is 2.18. The van der Waals surface area contributed by atoms with Crippen molar-refractivity contribution in [2.75, 3.05) is 7.11 Å². The predicted octanol–water partition coefficient (Wildman–Crippen LogP) is 3.19. The molecular weight excluding hydrogens is 324 g/mol. The number of carbonyl (C=O) groups is 1. The van der Waals surface area contributed by atoms with Gasteiger partial charge in [0.25, 0.3) is 0 Å². The van der Waals surface area contributed by atoms with E-state index in [1.165, 1.54) is 32.8 Å². The fraction of sp³-hybridized carbons (Fsp3) is 0.933. The fourth-order valence-electron chi connectivity index (χ4n) is 2.48. The topological polar surface area (TPSA) is 110 Å². The molecule has 0 amide bonds. The van der Waals surface area contributed by atoms with Crippen molar-refractivity contribution >= 4 is 16.4 Å². The molecule has 0 aromatic heterocycles. The van der Waals surface area contributed by atoms with Crippen molar-refractivity contribution in [3.8, 4) is 0 Å². The second kappa shape index (κ2) is 12.7. The highest BCUT2D eigenvalue weighted by molar-refractivity contribution is 7.80. The van der Waals surface area contributed by atoms with E-state index in [1.54, 1.807) is 0 Å². The molecule has 0 aliphatic carbocycles. The molecule has 0 spiro atoms. The molecule has 138 valence electrons. The van der Waals surface area contributed by atoms with Crippen LogP contribution in [0.2, 0.25) is 0 Å². The van der Waals surface area contributed by atoms with Gasteiger partial charge in [-0.05, 0) is 6.42 Å². The average Bonchev–Trinajstić information content (AvgIpc) is 2.42. The van der Waals surface area contributed by atoms with E-state index in [4.69, 9.17) is 14.4 Å². The summed E-state index contributed by atoms with van der Waals surface area (Å²) in [5, 5.41) is 8.79. The van der Waals surface area contributed by atoms with Gasteiger partial charge in [0.2, 0.25) is 0 Å². The Kier molecular flexibility index (Phi) is 12.3. The molecule has 7 nitrogen and oxygen atoms in total.